The van der Waals surface area contributed by atoms with Gasteiger partial charge in [-0.15, -0.1) is 0 Å². The fraction of sp³-hybridized carbons (Fsp3) is 0.286. The van der Waals surface area contributed by atoms with Crippen LogP contribution in [0.25, 0.3) is 22.1 Å². The molecule has 5 atom stereocenters. The highest BCUT2D eigenvalue weighted by Gasteiger charge is 2.44. The average Bonchev–Trinajstić information content (AvgIpc) is 2.72. The normalized spacial score (nSPS) is 25.7. The molecule has 32 heavy (non-hydrogen) atoms. The number of ether oxygens (including phenoxy) is 2. The molecule has 1 fully saturated rings. The van der Waals surface area contributed by atoms with Crippen molar-refractivity contribution in [2.24, 2.45) is 0 Å². The minimum absolute atomic E-state index is 0.0253. The van der Waals surface area contributed by atoms with Crippen molar-refractivity contribution >= 4 is 11.0 Å². The first kappa shape index (κ1) is 21.7. The van der Waals surface area contributed by atoms with E-state index in [9.17, 15) is 40.5 Å². The highest BCUT2D eigenvalue weighted by Crippen LogP contribution is 2.39. The van der Waals surface area contributed by atoms with Gasteiger partial charge in [-0.3, -0.25) is 4.79 Å². The van der Waals surface area contributed by atoms with Crippen molar-refractivity contribution in [2.75, 3.05) is 0 Å². The smallest absolute Gasteiger partial charge is 0.299 e. The first-order valence-electron chi connectivity index (χ1n) is 9.50. The minimum Gasteiger partial charge on any atom is -0.508 e. The van der Waals surface area contributed by atoms with Gasteiger partial charge in [-0.25, -0.2) is 0 Å². The molecule has 0 unspecified atom stereocenters. The summed E-state index contributed by atoms with van der Waals surface area (Å²) in [6.07, 6.45) is -7.25. The quantitative estimate of drug-likeness (QED) is 0.276. The number of aliphatic hydroxyl groups excluding tert-OH is 3. The molecule has 3 aromatic rings. The standard InChI is InChI=1S/C21H20O11/c1-7-16(26)18(28)19(29)21(30-7)32-20-14(8-2-3-10(23)11(24)4-8)17(27)15-12(25)5-9(22)6-13(15)31-20/h2-7,16,18-19,21-26,28-29H,1H3/t7-,16-,18+,19+,21-/m0/s1. The van der Waals surface area contributed by atoms with E-state index in [1.54, 1.807) is 0 Å². The van der Waals surface area contributed by atoms with E-state index in [-0.39, 0.29) is 22.1 Å². The topological polar surface area (TPSA) is 190 Å². The van der Waals surface area contributed by atoms with Gasteiger partial charge in [0.1, 0.15) is 46.3 Å². The Labute approximate surface area is 179 Å². The van der Waals surface area contributed by atoms with Crippen molar-refractivity contribution in [3.63, 3.8) is 0 Å². The van der Waals surface area contributed by atoms with Crippen LogP contribution >= 0.6 is 0 Å². The molecule has 0 radical (unpaired) electrons. The van der Waals surface area contributed by atoms with Gasteiger partial charge in [-0.1, -0.05) is 6.07 Å². The maximum absolute atomic E-state index is 13.3. The molecule has 11 heteroatoms. The summed E-state index contributed by atoms with van der Waals surface area (Å²) in [6, 6.07) is 5.43. The molecule has 0 amide bonds. The highest BCUT2D eigenvalue weighted by molar-refractivity contribution is 5.89. The van der Waals surface area contributed by atoms with Crippen LogP contribution in [0.2, 0.25) is 0 Å². The molecule has 0 aliphatic carbocycles. The van der Waals surface area contributed by atoms with Gasteiger partial charge in [-0.2, -0.15) is 0 Å². The lowest BCUT2D eigenvalue weighted by Gasteiger charge is -2.38. The predicted molar refractivity (Wildman–Crippen MR) is 108 cm³/mol. The second-order valence-electron chi connectivity index (χ2n) is 7.43. The van der Waals surface area contributed by atoms with Crippen molar-refractivity contribution in [1.82, 2.24) is 0 Å². The Bertz CT molecular complexity index is 1230. The molecular weight excluding hydrogens is 428 g/mol. The Morgan fingerprint density at radius 3 is 2.28 bits per heavy atom. The van der Waals surface area contributed by atoms with Crippen LogP contribution in [0.1, 0.15) is 6.92 Å². The van der Waals surface area contributed by atoms with E-state index in [1.165, 1.54) is 13.0 Å². The number of hydrogen-bond acceptors (Lipinski definition) is 11. The summed E-state index contributed by atoms with van der Waals surface area (Å²) in [5.41, 5.74) is -1.36. The van der Waals surface area contributed by atoms with Gasteiger partial charge >= 0.3 is 0 Å². The van der Waals surface area contributed by atoms with Crippen molar-refractivity contribution in [1.29, 1.82) is 0 Å². The molecule has 1 aromatic heterocycles. The Morgan fingerprint density at radius 1 is 0.875 bits per heavy atom. The molecule has 4 rings (SSSR count). The van der Waals surface area contributed by atoms with Crippen LogP contribution in [0.5, 0.6) is 28.9 Å². The second-order valence-corrected chi connectivity index (χ2v) is 7.43. The average molecular weight is 448 g/mol. The second kappa shape index (κ2) is 7.88. The van der Waals surface area contributed by atoms with Crippen LogP contribution in [-0.4, -0.2) is 66.5 Å². The SMILES string of the molecule is C[C@@H]1O[C@@H](Oc2oc3cc(O)cc(O)c3c(=O)c2-c2ccc(O)c(O)c2)[C@H](O)[C@H](O)[C@H]1O. The number of phenols is 4. The maximum atomic E-state index is 13.3. The summed E-state index contributed by atoms with van der Waals surface area (Å²) < 4.78 is 16.5. The molecule has 170 valence electrons. The molecule has 7 N–H and O–H groups in total. The number of fused-ring (bicyclic) bond motifs is 1. The van der Waals surface area contributed by atoms with E-state index < -0.39 is 65.1 Å². The molecule has 0 saturated carbocycles. The zero-order valence-corrected chi connectivity index (χ0v) is 16.5. The maximum Gasteiger partial charge on any atom is 0.299 e. The zero-order valence-electron chi connectivity index (χ0n) is 16.5. The summed E-state index contributed by atoms with van der Waals surface area (Å²) in [7, 11) is 0. The number of phenolic OH excluding ortho intramolecular Hbond substituents is 4. The minimum atomic E-state index is -1.72. The lowest BCUT2D eigenvalue weighted by molar-refractivity contribution is -0.270. The number of hydrogen-bond donors (Lipinski definition) is 7. The number of benzene rings is 2. The molecule has 2 aromatic carbocycles. The van der Waals surface area contributed by atoms with Crippen LogP contribution in [0.15, 0.2) is 39.5 Å². The summed E-state index contributed by atoms with van der Waals surface area (Å²) in [5, 5.41) is 69.3. The first-order chi connectivity index (χ1) is 15.1. The fourth-order valence-electron chi connectivity index (χ4n) is 3.49. The summed E-state index contributed by atoms with van der Waals surface area (Å²) in [5.74, 6) is -2.52. The van der Waals surface area contributed by atoms with E-state index in [0.717, 1.165) is 24.3 Å². The molecule has 2 heterocycles. The van der Waals surface area contributed by atoms with Gasteiger partial charge in [0.25, 0.3) is 5.95 Å². The van der Waals surface area contributed by atoms with Crippen LogP contribution in [0, 0.1) is 0 Å². The fourth-order valence-corrected chi connectivity index (χ4v) is 3.49. The van der Waals surface area contributed by atoms with Crippen molar-refractivity contribution < 1.29 is 49.6 Å². The third-order valence-electron chi connectivity index (χ3n) is 5.22. The monoisotopic (exact) mass is 448 g/mol. The summed E-state index contributed by atoms with van der Waals surface area (Å²) in [6.45, 7) is 1.43. The Morgan fingerprint density at radius 2 is 1.59 bits per heavy atom. The highest BCUT2D eigenvalue weighted by atomic mass is 16.7. The zero-order chi connectivity index (χ0) is 23.3. The van der Waals surface area contributed by atoms with Crippen LogP contribution in [-0.2, 0) is 4.74 Å². The van der Waals surface area contributed by atoms with Gasteiger partial charge in [0.2, 0.25) is 11.7 Å². The molecule has 1 saturated heterocycles. The first-order valence-corrected chi connectivity index (χ1v) is 9.50. The van der Waals surface area contributed by atoms with E-state index in [0.29, 0.717) is 0 Å². The Balaban J connectivity index is 1.92. The largest absolute Gasteiger partial charge is 0.508 e. The van der Waals surface area contributed by atoms with Crippen molar-refractivity contribution in [3.8, 4) is 40.1 Å². The number of aliphatic hydroxyl groups is 3. The number of aromatic hydroxyl groups is 4. The van der Waals surface area contributed by atoms with Gasteiger partial charge in [0, 0.05) is 12.1 Å². The van der Waals surface area contributed by atoms with E-state index >= 15 is 0 Å². The molecule has 0 bridgehead atoms. The van der Waals surface area contributed by atoms with Gasteiger partial charge in [0.05, 0.1) is 6.10 Å². The summed E-state index contributed by atoms with van der Waals surface area (Å²) >= 11 is 0. The van der Waals surface area contributed by atoms with Crippen LogP contribution < -0.4 is 10.2 Å². The van der Waals surface area contributed by atoms with Crippen molar-refractivity contribution in [3.05, 3.63) is 40.6 Å². The van der Waals surface area contributed by atoms with Crippen molar-refractivity contribution in [2.45, 2.75) is 37.6 Å². The third-order valence-corrected chi connectivity index (χ3v) is 5.22. The van der Waals surface area contributed by atoms with E-state index in [1.807, 2.05) is 0 Å². The molecule has 1 aliphatic heterocycles. The van der Waals surface area contributed by atoms with E-state index in [4.69, 9.17) is 13.9 Å². The summed E-state index contributed by atoms with van der Waals surface area (Å²) in [4.78, 5) is 13.3. The van der Waals surface area contributed by atoms with Crippen LogP contribution in [0.3, 0.4) is 0 Å². The van der Waals surface area contributed by atoms with E-state index in [2.05, 4.69) is 0 Å². The van der Waals surface area contributed by atoms with Gasteiger partial charge < -0.3 is 49.6 Å². The van der Waals surface area contributed by atoms with Gasteiger partial charge in [0.15, 0.2) is 11.5 Å². The molecule has 1 aliphatic rings. The Hall–Kier alpha value is -3.51. The van der Waals surface area contributed by atoms with Crippen LogP contribution in [0.4, 0.5) is 0 Å². The molecule has 0 spiro atoms. The third kappa shape index (κ3) is 3.56. The predicted octanol–water partition coefficient (Wildman–Crippen LogP) is 0.489. The Kier molecular flexibility index (Phi) is 5.34. The van der Waals surface area contributed by atoms with Gasteiger partial charge in [-0.05, 0) is 24.6 Å². The lowest BCUT2D eigenvalue weighted by Crippen LogP contribution is -2.58. The molecular formula is C21H20O11. The number of rotatable bonds is 3. The molecule has 11 nitrogen and oxygen atoms in total. The lowest BCUT2D eigenvalue weighted by atomic mass is 10.00.